The zero-order valence-electron chi connectivity index (χ0n) is 21.6. The van der Waals surface area contributed by atoms with Crippen molar-refractivity contribution in [3.8, 4) is 11.1 Å². The first-order valence-electron chi connectivity index (χ1n) is 12.8. The Morgan fingerprint density at radius 3 is 1.97 bits per heavy atom. The van der Waals surface area contributed by atoms with Gasteiger partial charge in [0.25, 0.3) is 0 Å². The molecule has 188 valence electrons. The van der Waals surface area contributed by atoms with Gasteiger partial charge in [-0.3, -0.25) is 4.57 Å². The van der Waals surface area contributed by atoms with E-state index in [4.69, 9.17) is 9.98 Å². The first kappa shape index (κ1) is 24.8. The van der Waals surface area contributed by atoms with E-state index in [1.807, 2.05) is 55.5 Å². The first-order valence-corrected chi connectivity index (χ1v) is 13.6. The van der Waals surface area contributed by atoms with Gasteiger partial charge in [-0.1, -0.05) is 126 Å². The summed E-state index contributed by atoms with van der Waals surface area (Å²) in [6.45, 7) is 6.43. The molecule has 1 aromatic heterocycles. The van der Waals surface area contributed by atoms with Gasteiger partial charge in [-0.05, 0) is 47.9 Å². The Hall–Kier alpha value is -4.54. The number of aromatic nitrogens is 1. The Balaban J connectivity index is 1.43. The lowest BCUT2D eigenvalue weighted by Crippen LogP contribution is -2.05. The van der Waals surface area contributed by atoms with E-state index in [1.54, 1.807) is 0 Å². The lowest BCUT2D eigenvalue weighted by Gasteiger charge is -2.10. The van der Waals surface area contributed by atoms with Crippen LogP contribution in [0, 0.1) is 0 Å². The summed E-state index contributed by atoms with van der Waals surface area (Å²) in [6.07, 6.45) is 0. The smallest absolute Gasteiger partial charge is 0.161 e. The Morgan fingerprint density at radius 1 is 0.615 bits per heavy atom. The number of amidine groups is 1. The van der Waals surface area contributed by atoms with Gasteiger partial charge in [0.1, 0.15) is 5.82 Å². The van der Waals surface area contributed by atoms with Gasteiger partial charge in [-0.2, -0.15) is 0 Å². The third-order valence-electron chi connectivity index (χ3n) is 6.84. The summed E-state index contributed by atoms with van der Waals surface area (Å²) in [6, 6.07) is 43.6. The molecule has 0 aliphatic heterocycles. The van der Waals surface area contributed by atoms with Crippen LogP contribution in [0.25, 0.3) is 38.8 Å². The van der Waals surface area contributed by atoms with Crippen molar-refractivity contribution in [2.75, 3.05) is 0 Å². The van der Waals surface area contributed by atoms with Crippen LogP contribution in [0.15, 0.2) is 148 Å². The molecule has 0 atom stereocenters. The summed E-state index contributed by atoms with van der Waals surface area (Å²) in [5, 5.41) is 2.31. The molecule has 5 aromatic carbocycles. The highest BCUT2D eigenvalue weighted by Gasteiger charge is 2.14. The molecule has 0 unspecified atom stereocenters. The molecule has 0 bridgehead atoms. The standard InChI is InChI=1S/C35H26BrN3/c1-24(26-17-19-28(20-18-26)27-11-5-3-6-12-27)37-35(29-13-7-4-8-14-29)38-25(2)39-33-16-10-9-15-31(33)32-23-30(36)21-22-34(32)39/h3-23H,2H2,1H3. The lowest BCUT2D eigenvalue weighted by molar-refractivity contribution is 1.18. The molecule has 0 fully saturated rings. The zero-order chi connectivity index (χ0) is 26.8. The number of nitrogens with zero attached hydrogens (tertiary/aromatic N) is 3. The molecule has 0 radical (unpaired) electrons. The van der Waals surface area contributed by atoms with Crippen molar-refractivity contribution >= 4 is 55.1 Å². The number of benzene rings is 5. The van der Waals surface area contributed by atoms with Gasteiger partial charge in [-0.25, -0.2) is 9.98 Å². The molecular formula is C35H26BrN3. The van der Waals surface area contributed by atoms with E-state index in [0.29, 0.717) is 11.7 Å². The number of hydrogen-bond donors (Lipinski definition) is 0. The number of halogens is 1. The van der Waals surface area contributed by atoms with E-state index < -0.39 is 0 Å². The van der Waals surface area contributed by atoms with Crippen molar-refractivity contribution < 1.29 is 0 Å². The van der Waals surface area contributed by atoms with E-state index in [2.05, 4.69) is 106 Å². The Kier molecular flexibility index (Phi) is 6.78. The predicted molar refractivity (Wildman–Crippen MR) is 170 cm³/mol. The molecule has 0 saturated heterocycles. The monoisotopic (exact) mass is 567 g/mol. The van der Waals surface area contributed by atoms with Gasteiger partial charge >= 0.3 is 0 Å². The summed E-state index contributed by atoms with van der Waals surface area (Å²) >= 11 is 3.63. The van der Waals surface area contributed by atoms with E-state index >= 15 is 0 Å². The summed E-state index contributed by atoms with van der Waals surface area (Å²) in [5.74, 6) is 1.23. The second-order valence-electron chi connectivity index (χ2n) is 9.37. The lowest BCUT2D eigenvalue weighted by atomic mass is 10.0. The van der Waals surface area contributed by atoms with Crippen LogP contribution in [0.5, 0.6) is 0 Å². The molecule has 0 spiro atoms. The Morgan fingerprint density at radius 2 is 1.23 bits per heavy atom. The molecule has 1 heterocycles. The zero-order valence-corrected chi connectivity index (χ0v) is 23.1. The largest absolute Gasteiger partial charge is 0.294 e. The summed E-state index contributed by atoms with van der Waals surface area (Å²) in [4.78, 5) is 10.1. The molecule has 0 saturated carbocycles. The molecule has 6 aromatic rings. The summed E-state index contributed by atoms with van der Waals surface area (Å²) < 4.78 is 3.15. The van der Waals surface area contributed by atoms with E-state index in [1.165, 1.54) is 11.1 Å². The normalized spacial score (nSPS) is 12.3. The minimum atomic E-state index is 0.610. The Labute approximate surface area is 236 Å². The highest BCUT2D eigenvalue weighted by Crippen LogP contribution is 2.33. The topological polar surface area (TPSA) is 29.6 Å². The average molecular weight is 569 g/mol. The number of para-hydroxylation sites is 1. The second-order valence-corrected chi connectivity index (χ2v) is 10.3. The van der Waals surface area contributed by atoms with Crippen molar-refractivity contribution in [3.63, 3.8) is 0 Å². The quantitative estimate of drug-likeness (QED) is 0.146. The fourth-order valence-corrected chi connectivity index (χ4v) is 5.26. The van der Waals surface area contributed by atoms with Crippen LogP contribution >= 0.6 is 15.9 Å². The van der Waals surface area contributed by atoms with Crippen LogP contribution in [0.2, 0.25) is 0 Å². The van der Waals surface area contributed by atoms with Crippen LogP contribution in [-0.2, 0) is 0 Å². The van der Waals surface area contributed by atoms with Crippen LogP contribution in [0.4, 0.5) is 0 Å². The number of fused-ring (bicyclic) bond motifs is 3. The maximum atomic E-state index is 5.03. The molecule has 6 rings (SSSR count). The molecule has 3 nitrogen and oxygen atoms in total. The van der Waals surface area contributed by atoms with Gasteiger partial charge in [0, 0.05) is 26.5 Å². The fraction of sp³-hybridized carbons (Fsp3) is 0.0286. The molecule has 0 aliphatic rings. The van der Waals surface area contributed by atoms with Crippen LogP contribution in [0.1, 0.15) is 18.1 Å². The maximum absolute atomic E-state index is 5.03. The van der Waals surface area contributed by atoms with Crippen molar-refractivity contribution in [2.24, 2.45) is 9.98 Å². The minimum Gasteiger partial charge on any atom is -0.294 e. The van der Waals surface area contributed by atoms with Crippen molar-refractivity contribution in [1.29, 1.82) is 0 Å². The van der Waals surface area contributed by atoms with Crippen LogP contribution in [-0.4, -0.2) is 16.1 Å². The van der Waals surface area contributed by atoms with E-state index in [9.17, 15) is 0 Å². The molecule has 39 heavy (non-hydrogen) atoms. The Bertz CT molecular complexity index is 1860. The first-order chi connectivity index (χ1) is 19.1. The van der Waals surface area contributed by atoms with Gasteiger partial charge in [0.2, 0.25) is 0 Å². The van der Waals surface area contributed by atoms with Gasteiger partial charge < -0.3 is 0 Å². The maximum Gasteiger partial charge on any atom is 0.161 e. The van der Waals surface area contributed by atoms with Crippen LogP contribution in [0.3, 0.4) is 0 Å². The SMILES string of the molecule is C=C(N=C(N=C(C)c1ccc(-c2ccccc2)cc1)c1ccccc1)n1c2ccccc2c2cc(Br)ccc21. The highest BCUT2D eigenvalue weighted by molar-refractivity contribution is 9.10. The summed E-state index contributed by atoms with van der Waals surface area (Å²) in [5.41, 5.74) is 7.35. The van der Waals surface area contributed by atoms with E-state index in [-0.39, 0.29) is 0 Å². The number of rotatable bonds is 5. The average Bonchev–Trinajstić information content (AvgIpc) is 3.31. The summed E-state index contributed by atoms with van der Waals surface area (Å²) in [7, 11) is 0. The molecule has 4 heteroatoms. The van der Waals surface area contributed by atoms with E-state index in [0.717, 1.165) is 43.1 Å². The van der Waals surface area contributed by atoms with Crippen molar-refractivity contribution in [3.05, 3.63) is 150 Å². The highest BCUT2D eigenvalue weighted by atomic mass is 79.9. The predicted octanol–water partition coefficient (Wildman–Crippen LogP) is 9.61. The van der Waals surface area contributed by atoms with Gasteiger partial charge in [0.15, 0.2) is 5.84 Å². The molecule has 0 N–H and O–H groups in total. The number of hydrogen-bond acceptors (Lipinski definition) is 1. The molecular weight excluding hydrogens is 542 g/mol. The minimum absolute atomic E-state index is 0.610. The molecule has 0 amide bonds. The fourth-order valence-electron chi connectivity index (χ4n) is 4.89. The van der Waals surface area contributed by atoms with Gasteiger partial charge in [-0.15, -0.1) is 0 Å². The third kappa shape index (κ3) is 4.99. The van der Waals surface area contributed by atoms with Crippen molar-refractivity contribution in [2.45, 2.75) is 6.92 Å². The molecule has 0 aliphatic carbocycles. The van der Waals surface area contributed by atoms with Crippen molar-refractivity contribution in [1.82, 2.24) is 4.57 Å². The van der Waals surface area contributed by atoms with Gasteiger partial charge in [0.05, 0.1) is 11.0 Å². The third-order valence-corrected chi connectivity index (χ3v) is 7.34. The second kappa shape index (κ2) is 10.7. The number of aliphatic imine (C=N–C) groups is 2. The van der Waals surface area contributed by atoms with Crippen LogP contribution < -0.4 is 0 Å².